The van der Waals surface area contributed by atoms with E-state index in [0.717, 1.165) is 10.9 Å². The number of carbonyl (C=O) groups is 1. The molecule has 0 unspecified atom stereocenters. The van der Waals surface area contributed by atoms with Crippen molar-refractivity contribution < 1.29 is 13.9 Å². The van der Waals surface area contributed by atoms with Crippen molar-refractivity contribution in [3.05, 3.63) is 60.2 Å². The summed E-state index contributed by atoms with van der Waals surface area (Å²) in [6.45, 7) is 3.73. The summed E-state index contributed by atoms with van der Waals surface area (Å²) < 4.78 is 12.6. The van der Waals surface area contributed by atoms with Crippen LogP contribution in [-0.2, 0) is 4.74 Å². The van der Waals surface area contributed by atoms with E-state index in [-0.39, 0.29) is 12.4 Å². The average molecular weight is 348 g/mol. The van der Waals surface area contributed by atoms with Crippen molar-refractivity contribution in [2.45, 2.75) is 13.8 Å². The SMILES string of the molecule is CCOC(=O)c1oc(-c2cc3ccccc3n2-c2ncccn2)nc1C. The Morgan fingerprint density at radius 3 is 2.73 bits per heavy atom. The zero-order valence-corrected chi connectivity index (χ0v) is 14.3. The van der Waals surface area contributed by atoms with E-state index in [1.807, 2.05) is 34.9 Å². The third-order valence-corrected chi connectivity index (χ3v) is 3.94. The number of benzene rings is 1. The molecule has 0 spiro atoms. The Morgan fingerprint density at radius 1 is 1.19 bits per heavy atom. The molecule has 1 aromatic carbocycles. The van der Waals surface area contributed by atoms with Gasteiger partial charge in [-0.25, -0.2) is 19.7 Å². The molecule has 4 rings (SSSR count). The molecule has 0 bridgehead atoms. The number of fused-ring (bicyclic) bond motifs is 1. The predicted octanol–water partition coefficient (Wildman–Crippen LogP) is 3.56. The van der Waals surface area contributed by atoms with E-state index in [1.54, 1.807) is 32.3 Å². The van der Waals surface area contributed by atoms with E-state index in [0.29, 0.717) is 23.2 Å². The fraction of sp³-hybridized carbons (Fsp3) is 0.158. The molecule has 0 aliphatic rings. The molecule has 0 aliphatic carbocycles. The second-order valence-corrected chi connectivity index (χ2v) is 5.63. The Balaban J connectivity index is 1.93. The smallest absolute Gasteiger partial charge is 0.376 e. The molecule has 130 valence electrons. The van der Waals surface area contributed by atoms with E-state index < -0.39 is 5.97 Å². The highest BCUT2D eigenvalue weighted by molar-refractivity contribution is 5.89. The molecule has 3 heterocycles. The molecular formula is C19H16N4O3. The summed E-state index contributed by atoms with van der Waals surface area (Å²) in [4.78, 5) is 25.2. The van der Waals surface area contributed by atoms with Crippen LogP contribution >= 0.6 is 0 Å². The highest BCUT2D eigenvalue weighted by Gasteiger charge is 2.23. The van der Waals surface area contributed by atoms with Gasteiger partial charge in [-0.05, 0) is 32.0 Å². The van der Waals surface area contributed by atoms with Crippen molar-refractivity contribution in [2.24, 2.45) is 0 Å². The van der Waals surface area contributed by atoms with Crippen LogP contribution in [0.2, 0.25) is 0 Å². The van der Waals surface area contributed by atoms with Crippen molar-refractivity contribution in [1.29, 1.82) is 0 Å². The van der Waals surface area contributed by atoms with E-state index in [2.05, 4.69) is 15.0 Å². The number of aromatic nitrogens is 4. The van der Waals surface area contributed by atoms with Gasteiger partial charge in [0.05, 0.1) is 17.8 Å². The molecule has 0 atom stereocenters. The molecule has 7 nitrogen and oxygen atoms in total. The van der Waals surface area contributed by atoms with Crippen molar-refractivity contribution in [1.82, 2.24) is 19.5 Å². The maximum absolute atomic E-state index is 12.0. The van der Waals surface area contributed by atoms with Crippen LogP contribution < -0.4 is 0 Å². The minimum atomic E-state index is -0.526. The van der Waals surface area contributed by atoms with Gasteiger partial charge in [0.1, 0.15) is 5.69 Å². The molecule has 4 aromatic rings. The van der Waals surface area contributed by atoms with Gasteiger partial charge in [0.2, 0.25) is 17.6 Å². The van der Waals surface area contributed by atoms with Crippen molar-refractivity contribution >= 4 is 16.9 Å². The quantitative estimate of drug-likeness (QED) is 0.524. The number of para-hydroxylation sites is 1. The molecule has 0 aliphatic heterocycles. The first-order valence-corrected chi connectivity index (χ1v) is 8.22. The number of aryl methyl sites for hydroxylation is 1. The number of nitrogens with zero attached hydrogens (tertiary/aromatic N) is 4. The van der Waals surface area contributed by atoms with Gasteiger partial charge in [-0.15, -0.1) is 0 Å². The molecule has 3 aromatic heterocycles. The Morgan fingerprint density at radius 2 is 1.96 bits per heavy atom. The van der Waals surface area contributed by atoms with Crippen LogP contribution in [0, 0.1) is 6.92 Å². The van der Waals surface area contributed by atoms with Crippen LogP contribution in [-0.4, -0.2) is 32.1 Å². The van der Waals surface area contributed by atoms with Gasteiger partial charge in [0, 0.05) is 17.8 Å². The topological polar surface area (TPSA) is 83.0 Å². The lowest BCUT2D eigenvalue weighted by atomic mass is 10.2. The third-order valence-electron chi connectivity index (χ3n) is 3.94. The van der Waals surface area contributed by atoms with E-state index in [9.17, 15) is 4.79 Å². The lowest BCUT2D eigenvalue weighted by Gasteiger charge is -2.06. The highest BCUT2D eigenvalue weighted by Crippen LogP contribution is 2.31. The van der Waals surface area contributed by atoms with Crippen LogP contribution in [0.1, 0.15) is 23.2 Å². The number of hydrogen-bond donors (Lipinski definition) is 0. The normalized spacial score (nSPS) is 11.0. The Hall–Kier alpha value is -3.48. The van der Waals surface area contributed by atoms with Gasteiger partial charge < -0.3 is 9.15 Å². The Bertz CT molecular complexity index is 1080. The first-order chi connectivity index (χ1) is 12.7. The number of ether oxygens (including phenoxy) is 1. The van der Waals surface area contributed by atoms with Crippen LogP contribution in [0.15, 0.2) is 53.2 Å². The largest absolute Gasteiger partial charge is 0.460 e. The van der Waals surface area contributed by atoms with Gasteiger partial charge in [-0.2, -0.15) is 0 Å². The van der Waals surface area contributed by atoms with Gasteiger partial charge in [-0.1, -0.05) is 18.2 Å². The standard InChI is InChI=1S/C19H16N4O3/c1-3-25-18(24)16-12(2)22-17(26-16)15-11-13-7-4-5-8-14(13)23(15)19-20-9-6-10-21-19/h4-11H,3H2,1-2H3. The van der Waals surface area contributed by atoms with Crippen LogP contribution in [0.5, 0.6) is 0 Å². The lowest BCUT2D eigenvalue weighted by Crippen LogP contribution is -2.04. The Kier molecular flexibility index (Phi) is 3.96. The zero-order chi connectivity index (χ0) is 18.1. The molecule has 0 radical (unpaired) electrons. The van der Waals surface area contributed by atoms with E-state index >= 15 is 0 Å². The molecule has 0 saturated heterocycles. The summed E-state index contributed by atoms with van der Waals surface area (Å²) in [6, 6.07) is 11.5. The van der Waals surface area contributed by atoms with E-state index in [1.165, 1.54) is 0 Å². The summed E-state index contributed by atoms with van der Waals surface area (Å²) in [5, 5.41) is 0.989. The summed E-state index contributed by atoms with van der Waals surface area (Å²) in [5.74, 6) is 0.390. The molecule has 0 amide bonds. The maximum Gasteiger partial charge on any atom is 0.376 e. The first-order valence-electron chi connectivity index (χ1n) is 8.22. The molecular weight excluding hydrogens is 332 g/mol. The predicted molar refractivity (Wildman–Crippen MR) is 95.1 cm³/mol. The fourth-order valence-electron chi connectivity index (χ4n) is 2.83. The minimum absolute atomic E-state index is 0.104. The second kappa shape index (κ2) is 6.44. The van der Waals surface area contributed by atoms with E-state index in [4.69, 9.17) is 9.15 Å². The maximum atomic E-state index is 12.0. The van der Waals surface area contributed by atoms with Crippen molar-refractivity contribution in [3.63, 3.8) is 0 Å². The van der Waals surface area contributed by atoms with Gasteiger partial charge in [0.15, 0.2) is 0 Å². The van der Waals surface area contributed by atoms with Gasteiger partial charge in [-0.3, -0.25) is 4.57 Å². The summed E-state index contributed by atoms with van der Waals surface area (Å²) in [7, 11) is 0. The molecule has 0 saturated carbocycles. The summed E-state index contributed by atoms with van der Waals surface area (Å²) >= 11 is 0. The third kappa shape index (κ3) is 2.63. The summed E-state index contributed by atoms with van der Waals surface area (Å²) in [5.41, 5.74) is 2.06. The Labute approximate surface area is 149 Å². The lowest BCUT2D eigenvalue weighted by molar-refractivity contribution is 0.0490. The van der Waals surface area contributed by atoms with Gasteiger partial charge in [0.25, 0.3) is 0 Å². The number of hydrogen-bond acceptors (Lipinski definition) is 6. The molecule has 0 N–H and O–H groups in total. The molecule has 0 fully saturated rings. The fourth-order valence-corrected chi connectivity index (χ4v) is 2.83. The highest BCUT2D eigenvalue weighted by atomic mass is 16.5. The van der Waals surface area contributed by atoms with Crippen LogP contribution in [0.25, 0.3) is 28.4 Å². The van der Waals surface area contributed by atoms with Crippen LogP contribution in [0.4, 0.5) is 0 Å². The van der Waals surface area contributed by atoms with Crippen molar-refractivity contribution in [3.8, 4) is 17.5 Å². The van der Waals surface area contributed by atoms with Gasteiger partial charge >= 0.3 is 5.97 Å². The monoisotopic (exact) mass is 348 g/mol. The summed E-state index contributed by atoms with van der Waals surface area (Å²) in [6.07, 6.45) is 3.34. The molecule has 26 heavy (non-hydrogen) atoms. The number of oxazole rings is 1. The average Bonchev–Trinajstić information content (AvgIpc) is 3.23. The number of esters is 1. The van der Waals surface area contributed by atoms with Crippen LogP contribution in [0.3, 0.4) is 0 Å². The second-order valence-electron chi connectivity index (χ2n) is 5.63. The molecule has 7 heteroatoms. The number of rotatable bonds is 4. The minimum Gasteiger partial charge on any atom is -0.460 e. The zero-order valence-electron chi connectivity index (χ0n) is 14.3. The first kappa shape index (κ1) is 16.0. The number of carbonyl (C=O) groups excluding carboxylic acids is 1. The van der Waals surface area contributed by atoms with Crippen molar-refractivity contribution in [2.75, 3.05) is 6.61 Å².